The molecule has 1 fully saturated rings. The number of nitrogens with one attached hydrogen (secondary N) is 2. The Hall–Kier alpha value is -4.30. The van der Waals surface area contributed by atoms with Crippen molar-refractivity contribution in [3.63, 3.8) is 0 Å². The number of hydrogen-bond donors (Lipinski definition) is 2. The first-order valence-corrected chi connectivity index (χ1v) is 14.8. The SMILES string of the molecule is COc1cc(NC(=O)OCCCN2CCCN(CCCOC(=O)Nc3cc(OC)c(OC)c(OC)c3)CC2)cc(OC)c1OC. The monoisotopic (exact) mass is 634 g/mol. The number of carbonyl (C=O) groups is 2. The van der Waals surface area contributed by atoms with Crippen LogP contribution in [0, 0.1) is 0 Å². The lowest BCUT2D eigenvalue weighted by Gasteiger charge is -2.21. The molecule has 2 aromatic rings. The molecular formula is C31H46N4O10. The van der Waals surface area contributed by atoms with Crippen molar-refractivity contribution in [2.24, 2.45) is 0 Å². The van der Waals surface area contributed by atoms with Gasteiger partial charge in [0.25, 0.3) is 0 Å². The number of amides is 2. The van der Waals surface area contributed by atoms with Crippen LogP contribution >= 0.6 is 0 Å². The van der Waals surface area contributed by atoms with Crippen LogP contribution in [0.5, 0.6) is 34.5 Å². The van der Waals surface area contributed by atoms with E-state index in [1.807, 2.05) is 0 Å². The molecule has 2 N–H and O–H groups in total. The largest absolute Gasteiger partial charge is 0.493 e. The molecule has 250 valence electrons. The maximum Gasteiger partial charge on any atom is 0.411 e. The van der Waals surface area contributed by atoms with E-state index in [1.165, 1.54) is 42.7 Å². The fourth-order valence-corrected chi connectivity index (χ4v) is 4.99. The van der Waals surface area contributed by atoms with Crippen LogP contribution < -0.4 is 39.1 Å². The fourth-order valence-electron chi connectivity index (χ4n) is 4.99. The second-order valence-electron chi connectivity index (χ2n) is 10.1. The number of ether oxygens (including phenoxy) is 8. The summed E-state index contributed by atoms with van der Waals surface area (Å²) in [6, 6.07) is 6.57. The van der Waals surface area contributed by atoms with E-state index >= 15 is 0 Å². The molecule has 0 unspecified atom stereocenters. The van der Waals surface area contributed by atoms with Crippen LogP contribution in [0.25, 0.3) is 0 Å². The van der Waals surface area contributed by atoms with Crippen molar-refractivity contribution < 1.29 is 47.5 Å². The summed E-state index contributed by atoms with van der Waals surface area (Å²) in [5, 5.41) is 5.41. The molecule has 1 aliphatic heterocycles. The van der Waals surface area contributed by atoms with Crippen LogP contribution in [-0.2, 0) is 9.47 Å². The van der Waals surface area contributed by atoms with Crippen molar-refractivity contribution in [3.05, 3.63) is 24.3 Å². The van der Waals surface area contributed by atoms with Gasteiger partial charge in [-0.1, -0.05) is 0 Å². The van der Waals surface area contributed by atoms with E-state index in [-0.39, 0.29) is 0 Å². The maximum atomic E-state index is 12.3. The van der Waals surface area contributed by atoms with E-state index in [0.29, 0.717) is 59.1 Å². The molecule has 0 bridgehead atoms. The highest BCUT2D eigenvalue weighted by molar-refractivity contribution is 5.86. The average molecular weight is 635 g/mol. The van der Waals surface area contributed by atoms with Gasteiger partial charge in [-0.25, -0.2) is 9.59 Å². The van der Waals surface area contributed by atoms with Gasteiger partial charge in [0.05, 0.1) is 67.2 Å². The van der Waals surface area contributed by atoms with Crippen LogP contribution in [-0.4, -0.2) is 117 Å². The minimum Gasteiger partial charge on any atom is -0.493 e. The summed E-state index contributed by atoms with van der Waals surface area (Å²) in [6.07, 6.45) is 1.37. The average Bonchev–Trinajstić information content (AvgIpc) is 3.28. The highest BCUT2D eigenvalue weighted by Crippen LogP contribution is 2.41. The van der Waals surface area contributed by atoms with Crippen molar-refractivity contribution in [1.29, 1.82) is 0 Å². The number of anilines is 2. The molecule has 2 amide bonds. The van der Waals surface area contributed by atoms with Crippen molar-refractivity contribution in [1.82, 2.24) is 9.80 Å². The lowest BCUT2D eigenvalue weighted by Crippen LogP contribution is -2.32. The third-order valence-electron chi connectivity index (χ3n) is 7.21. The zero-order valence-electron chi connectivity index (χ0n) is 27.1. The zero-order valence-corrected chi connectivity index (χ0v) is 27.1. The summed E-state index contributed by atoms with van der Waals surface area (Å²) < 4.78 is 42.7. The van der Waals surface area contributed by atoms with Gasteiger partial charge in [-0.15, -0.1) is 0 Å². The maximum absolute atomic E-state index is 12.3. The van der Waals surface area contributed by atoms with E-state index in [1.54, 1.807) is 24.3 Å². The Morgan fingerprint density at radius 1 is 0.578 bits per heavy atom. The summed E-state index contributed by atoms with van der Waals surface area (Å²) in [7, 11) is 9.09. The number of rotatable bonds is 16. The second kappa shape index (κ2) is 18.5. The van der Waals surface area contributed by atoms with Crippen LogP contribution in [0.1, 0.15) is 19.3 Å². The Labute approximate surface area is 264 Å². The van der Waals surface area contributed by atoms with Gasteiger partial charge in [-0.2, -0.15) is 0 Å². The topological polar surface area (TPSA) is 139 Å². The lowest BCUT2D eigenvalue weighted by atomic mass is 10.2. The van der Waals surface area contributed by atoms with E-state index in [9.17, 15) is 9.59 Å². The molecule has 0 radical (unpaired) electrons. The van der Waals surface area contributed by atoms with Gasteiger partial charge >= 0.3 is 12.2 Å². The van der Waals surface area contributed by atoms with Crippen molar-refractivity contribution in [2.75, 3.05) is 106 Å². The van der Waals surface area contributed by atoms with E-state index in [0.717, 1.165) is 58.5 Å². The zero-order chi connectivity index (χ0) is 32.6. The molecule has 0 spiro atoms. The van der Waals surface area contributed by atoms with Gasteiger partial charge in [0, 0.05) is 50.4 Å². The molecule has 45 heavy (non-hydrogen) atoms. The smallest absolute Gasteiger partial charge is 0.411 e. The van der Waals surface area contributed by atoms with E-state index in [4.69, 9.17) is 37.9 Å². The quantitative estimate of drug-likeness (QED) is 0.254. The lowest BCUT2D eigenvalue weighted by molar-refractivity contribution is 0.149. The molecule has 1 heterocycles. The van der Waals surface area contributed by atoms with E-state index in [2.05, 4.69) is 20.4 Å². The third-order valence-corrected chi connectivity index (χ3v) is 7.21. The van der Waals surface area contributed by atoms with Crippen molar-refractivity contribution in [3.8, 4) is 34.5 Å². The first-order chi connectivity index (χ1) is 21.8. The number of benzene rings is 2. The van der Waals surface area contributed by atoms with Crippen LogP contribution in [0.3, 0.4) is 0 Å². The summed E-state index contributed by atoms with van der Waals surface area (Å²) in [4.78, 5) is 29.4. The predicted molar refractivity (Wildman–Crippen MR) is 169 cm³/mol. The first kappa shape index (κ1) is 35.2. The van der Waals surface area contributed by atoms with Crippen LogP contribution in [0.15, 0.2) is 24.3 Å². The Balaban J connectivity index is 1.31. The molecule has 14 heteroatoms. The number of nitrogens with zero attached hydrogens (tertiary/aromatic N) is 2. The minimum absolute atomic E-state index is 0.298. The summed E-state index contributed by atoms with van der Waals surface area (Å²) in [5.41, 5.74) is 0.957. The third kappa shape index (κ3) is 10.7. The highest BCUT2D eigenvalue weighted by atomic mass is 16.6. The summed E-state index contributed by atoms with van der Waals surface area (Å²) in [5.74, 6) is 2.64. The molecule has 0 saturated carbocycles. The van der Waals surface area contributed by atoms with Gasteiger partial charge in [-0.05, 0) is 32.4 Å². The summed E-state index contributed by atoms with van der Waals surface area (Å²) in [6.45, 7) is 6.03. The van der Waals surface area contributed by atoms with Crippen molar-refractivity contribution in [2.45, 2.75) is 19.3 Å². The molecule has 0 aliphatic carbocycles. The van der Waals surface area contributed by atoms with Gasteiger partial charge < -0.3 is 47.7 Å². The standard InChI is InChI=1S/C31H46N4O10/c1-38-24-18-22(19-25(39-2)28(24)42-5)32-30(36)44-16-8-12-34-10-7-11-35(15-14-34)13-9-17-45-31(37)33-23-20-26(40-3)29(43-6)27(21-23)41-4/h18-21H,7-17H2,1-6H3,(H,32,36)(H,33,37). The van der Waals surface area contributed by atoms with Crippen LogP contribution in [0.4, 0.5) is 21.0 Å². The molecule has 0 atom stereocenters. The number of hydrogen-bond acceptors (Lipinski definition) is 12. The van der Waals surface area contributed by atoms with Crippen molar-refractivity contribution >= 4 is 23.6 Å². The number of carbonyl (C=O) groups excluding carboxylic acids is 2. The molecule has 0 aromatic heterocycles. The predicted octanol–water partition coefficient (Wildman–Crippen LogP) is 4.32. The molecule has 1 saturated heterocycles. The molecule has 2 aromatic carbocycles. The molecular weight excluding hydrogens is 588 g/mol. The normalized spacial score (nSPS) is 13.6. The fraction of sp³-hybridized carbons (Fsp3) is 0.548. The first-order valence-electron chi connectivity index (χ1n) is 14.8. The number of methoxy groups -OCH3 is 6. The van der Waals surface area contributed by atoms with Gasteiger partial charge in [0.15, 0.2) is 23.0 Å². The van der Waals surface area contributed by atoms with E-state index < -0.39 is 12.2 Å². The van der Waals surface area contributed by atoms with Gasteiger partial charge in [0.2, 0.25) is 11.5 Å². The Kier molecular flexibility index (Phi) is 14.5. The molecule has 1 aliphatic rings. The molecule has 3 rings (SSSR count). The minimum atomic E-state index is -0.550. The molecule has 14 nitrogen and oxygen atoms in total. The Bertz CT molecular complexity index is 1100. The second-order valence-corrected chi connectivity index (χ2v) is 10.1. The Morgan fingerprint density at radius 2 is 0.933 bits per heavy atom. The van der Waals surface area contributed by atoms with Gasteiger partial charge in [0.1, 0.15) is 0 Å². The van der Waals surface area contributed by atoms with Crippen LogP contribution in [0.2, 0.25) is 0 Å². The summed E-state index contributed by atoms with van der Waals surface area (Å²) >= 11 is 0. The Morgan fingerprint density at radius 3 is 1.24 bits per heavy atom. The highest BCUT2D eigenvalue weighted by Gasteiger charge is 2.18. The van der Waals surface area contributed by atoms with Gasteiger partial charge in [-0.3, -0.25) is 10.6 Å².